The molecule has 34 heavy (non-hydrogen) atoms. The fourth-order valence-electron chi connectivity index (χ4n) is 7.56. The van der Waals surface area contributed by atoms with Crippen molar-refractivity contribution in [3.05, 3.63) is 17.7 Å². The molecule has 7 nitrogen and oxygen atoms in total. The van der Waals surface area contributed by atoms with Crippen LogP contribution < -0.4 is 14.2 Å². The zero-order valence-corrected chi connectivity index (χ0v) is 20.8. The third kappa shape index (κ3) is 4.22. The summed E-state index contributed by atoms with van der Waals surface area (Å²) in [4.78, 5) is 30.5. The second kappa shape index (κ2) is 9.31. The molecule has 7 heteroatoms. The van der Waals surface area contributed by atoms with Crippen LogP contribution in [0.15, 0.2) is 12.1 Å². The normalized spacial score (nSPS) is 29.8. The maximum atomic E-state index is 13.6. The SMILES string of the molecule is COc1cc(CCC(=O)N2CCN(C(=O)C34CC5CC(CC(C5)C3)C4)CC2)cc(OC)c1OC. The average molecular weight is 471 g/mol. The highest BCUT2D eigenvalue weighted by Gasteiger charge is 2.55. The number of ether oxygens (including phenoxy) is 3. The van der Waals surface area contributed by atoms with Crippen molar-refractivity contribution in [1.82, 2.24) is 9.80 Å². The number of carbonyl (C=O) groups excluding carboxylic acids is 2. The molecule has 1 aliphatic heterocycles. The van der Waals surface area contributed by atoms with Crippen LogP contribution in [0.3, 0.4) is 0 Å². The third-order valence-electron chi connectivity index (χ3n) is 8.76. The van der Waals surface area contributed by atoms with Gasteiger partial charge in [-0.1, -0.05) is 0 Å². The first-order chi connectivity index (χ1) is 16.4. The molecule has 0 unspecified atom stereocenters. The highest BCUT2D eigenvalue weighted by atomic mass is 16.5. The van der Waals surface area contributed by atoms with Gasteiger partial charge in [-0.25, -0.2) is 0 Å². The Morgan fingerprint density at radius 2 is 1.32 bits per heavy atom. The van der Waals surface area contributed by atoms with E-state index in [9.17, 15) is 9.59 Å². The van der Waals surface area contributed by atoms with Crippen LogP contribution in [-0.4, -0.2) is 69.1 Å². The highest BCUT2D eigenvalue weighted by Crippen LogP contribution is 2.60. The summed E-state index contributed by atoms with van der Waals surface area (Å²) in [5, 5.41) is 0. The van der Waals surface area contributed by atoms with Gasteiger partial charge in [0.05, 0.1) is 26.7 Å². The molecule has 0 spiro atoms. The Morgan fingerprint density at radius 1 is 0.824 bits per heavy atom. The van der Waals surface area contributed by atoms with Crippen LogP contribution in [0.2, 0.25) is 0 Å². The Morgan fingerprint density at radius 3 is 1.79 bits per heavy atom. The number of hydrogen-bond acceptors (Lipinski definition) is 5. The first kappa shape index (κ1) is 23.3. The van der Waals surface area contributed by atoms with Crippen LogP contribution >= 0.6 is 0 Å². The van der Waals surface area contributed by atoms with Crippen molar-refractivity contribution < 1.29 is 23.8 Å². The predicted molar refractivity (Wildman–Crippen MR) is 128 cm³/mol. The van der Waals surface area contributed by atoms with Crippen LogP contribution in [-0.2, 0) is 16.0 Å². The lowest BCUT2D eigenvalue weighted by atomic mass is 9.49. The summed E-state index contributed by atoms with van der Waals surface area (Å²) in [6, 6.07) is 3.80. The van der Waals surface area contributed by atoms with Crippen LogP contribution in [0, 0.1) is 23.2 Å². The van der Waals surface area contributed by atoms with Gasteiger partial charge < -0.3 is 24.0 Å². The van der Waals surface area contributed by atoms with E-state index in [0.29, 0.717) is 62.2 Å². The molecule has 0 radical (unpaired) electrons. The van der Waals surface area contributed by atoms with E-state index in [0.717, 1.165) is 42.6 Å². The molecule has 4 aliphatic carbocycles. The van der Waals surface area contributed by atoms with Crippen molar-refractivity contribution in [3.63, 3.8) is 0 Å². The van der Waals surface area contributed by atoms with Crippen molar-refractivity contribution in [2.24, 2.45) is 23.2 Å². The van der Waals surface area contributed by atoms with E-state index < -0.39 is 0 Å². The number of rotatable bonds is 7. The van der Waals surface area contributed by atoms with E-state index in [1.54, 1.807) is 21.3 Å². The monoisotopic (exact) mass is 470 g/mol. The maximum absolute atomic E-state index is 13.6. The number of amides is 2. The lowest BCUT2D eigenvalue weighted by molar-refractivity contribution is -0.160. The molecule has 5 aliphatic rings. The van der Waals surface area contributed by atoms with E-state index in [2.05, 4.69) is 4.90 Å². The van der Waals surface area contributed by atoms with E-state index >= 15 is 0 Å². The van der Waals surface area contributed by atoms with Gasteiger partial charge in [-0.05, 0) is 80.4 Å². The van der Waals surface area contributed by atoms with Crippen LogP contribution in [0.4, 0.5) is 0 Å². The maximum Gasteiger partial charge on any atom is 0.228 e. The fraction of sp³-hybridized carbons (Fsp3) is 0.704. The molecule has 5 fully saturated rings. The van der Waals surface area contributed by atoms with Gasteiger partial charge in [-0.3, -0.25) is 9.59 Å². The number of aryl methyl sites for hydroxylation is 1. The molecule has 0 aromatic heterocycles. The predicted octanol–water partition coefficient (Wildman–Crippen LogP) is 3.53. The fourth-order valence-corrected chi connectivity index (χ4v) is 7.56. The number of benzene rings is 1. The first-order valence-corrected chi connectivity index (χ1v) is 12.8. The Bertz CT molecular complexity index is 877. The standard InChI is InChI=1S/C27H38N2O5/c1-32-22-13-18(14-23(33-2)25(22)34-3)4-5-24(30)28-6-8-29(9-7-28)26(31)27-15-19-10-20(16-27)12-21(11-19)17-27/h13-14,19-21H,4-12,15-17H2,1-3H3. The van der Waals surface area contributed by atoms with E-state index in [1.807, 2.05) is 17.0 Å². The minimum absolute atomic E-state index is 0.0899. The first-order valence-electron chi connectivity index (χ1n) is 12.8. The summed E-state index contributed by atoms with van der Waals surface area (Å²) in [5.41, 5.74) is 0.881. The Hall–Kier alpha value is -2.44. The summed E-state index contributed by atoms with van der Waals surface area (Å²) in [6.07, 6.45) is 8.37. The zero-order valence-electron chi connectivity index (χ0n) is 20.8. The zero-order chi connectivity index (χ0) is 23.9. The van der Waals surface area contributed by atoms with Gasteiger partial charge in [0.25, 0.3) is 0 Å². The molecule has 4 bridgehead atoms. The Balaban J connectivity index is 1.15. The average Bonchev–Trinajstić information content (AvgIpc) is 2.85. The van der Waals surface area contributed by atoms with Gasteiger partial charge in [-0.2, -0.15) is 0 Å². The van der Waals surface area contributed by atoms with Gasteiger partial charge in [0.1, 0.15) is 0 Å². The van der Waals surface area contributed by atoms with Gasteiger partial charge >= 0.3 is 0 Å². The summed E-state index contributed by atoms with van der Waals surface area (Å²) in [7, 11) is 4.77. The lowest BCUT2D eigenvalue weighted by Crippen LogP contribution is -2.58. The second-order valence-corrected chi connectivity index (χ2v) is 10.9. The second-order valence-electron chi connectivity index (χ2n) is 10.9. The number of carbonyl (C=O) groups is 2. The third-order valence-corrected chi connectivity index (χ3v) is 8.76. The summed E-state index contributed by atoms with van der Waals surface area (Å²) < 4.78 is 16.2. The number of methoxy groups -OCH3 is 3. The molecule has 1 heterocycles. The molecule has 1 saturated heterocycles. The molecule has 1 aromatic rings. The number of hydrogen-bond donors (Lipinski definition) is 0. The number of piperazine rings is 1. The highest BCUT2D eigenvalue weighted by molar-refractivity contribution is 5.84. The van der Waals surface area contributed by atoms with E-state index in [4.69, 9.17) is 14.2 Å². The molecule has 186 valence electrons. The molecule has 0 N–H and O–H groups in total. The van der Waals surface area contributed by atoms with Crippen molar-refractivity contribution in [2.45, 2.75) is 51.4 Å². The van der Waals surface area contributed by atoms with Crippen LogP contribution in [0.5, 0.6) is 17.2 Å². The molecule has 1 aromatic carbocycles. The van der Waals surface area contributed by atoms with Crippen molar-refractivity contribution in [1.29, 1.82) is 0 Å². The quantitative estimate of drug-likeness (QED) is 0.610. The number of nitrogens with zero attached hydrogens (tertiary/aromatic N) is 2. The van der Waals surface area contributed by atoms with Gasteiger partial charge in [0.2, 0.25) is 17.6 Å². The Labute approximate surface area is 202 Å². The van der Waals surface area contributed by atoms with E-state index in [-0.39, 0.29) is 11.3 Å². The van der Waals surface area contributed by atoms with Crippen molar-refractivity contribution in [3.8, 4) is 17.2 Å². The topological polar surface area (TPSA) is 68.3 Å². The van der Waals surface area contributed by atoms with Gasteiger partial charge in [0, 0.05) is 32.6 Å². The summed E-state index contributed by atoms with van der Waals surface area (Å²) in [6.45, 7) is 2.59. The molecule has 2 amide bonds. The Kier molecular flexibility index (Phi) is 6.38. The molecule has 4 saturated carbocycles. The molecular weight excluding hydrogens is 432 g/mol. The van der Waals surface area contributed by atoms with Crippen molar-refractivity contribution >= 4 is 11.8 Å². The van der Waals surface area contributed by atoms with Gasteiger partial charge in [-0.15, -0.1) is 0 Å². The molecule has 6 rings (SSSR count). The van der Waals surface area contributed by atoms with Crippen LogP contribution in [0.25, 0.3) is 0 Å². The lowest BCUT2D eigenvalue weighted by Gasteiger charge is -2.57. The summed E-state index contributed by atoms with van der Waals surface area (Å²) >= 11 is 0. The molecule has 0 atom stereocenters. The molecular formula is C27H38N2O5. The largest absolute Gasteiger partial charge is 0.493 e. The van der Waals surface area contributed by atoms with Crippen LogP contribution in [0.1, 0.15) is 50.5 Å². The smallest absolute Gasteiger partial charge is 0.228 e. The minimum atomic E-state index is -0.0899. The van der Waals surface area contributed by atoms with E-state index in [1.165, 1.54) is 19.3 Å². The summed E-state index contributed by atoms with van der Waals surface area (Å²) in [5.74, 6) is 4.59. The van der Waals surface area contributed by atoms with Crippen molar-refractivity contribution in [2.75, 3.05) is 47.5 Å². The van der Waals surface area contributed by atoms with Gasteiger partial charge in [0.15, 0.2) is 11.5 Å². The minimum Gasteiger partial charge on any atom is -0.493 e.